The van der Waals surface area contributed by atoms with E-state index in [0.717, 1.165) is 89.9 Å². The lowest BCUT2D eigenvalue weighted by Crippen LogP contribution is -2.66. The van der Waals surface area contributed by atoms with Gasteiger partial charge in [0.25, 0.3) is 0 Å². The van der Waals surface area contributed by atoms with Gasteiger partial charge in [-0.05, 0) is 103 Å². The fourth-order valence-corrected chi connectivity index (χ4v) is 13.5. The van der Waals surface area contributed by atoms with Gasteiger partial charge in [-0.25, -0.2) is 0 Å². The summed E-state index contributed by atoms with van der Waals surface area (Å²) in [7, 11) is 0. The van der Waals surface area contributed by atoms with Crippen molar-refractivity contribution in [2.45, 2.75) is 401 Å². The molecule has 0 aromatic heterocycles. The summed E-state index contributed by atoms with van der Waals surface area (Å²) < 4.78 is 34.4. The van der Waals surface area contributed by atoms with Crippen LogP contribution in [0.5, 0.6) is 0 Å². The summed E-state index contributed by atoms with van der Waals surface area (Å²) in [6.45, 7) is 1.61. The molecule has 0 radical (unpaired) electrons. The molecule has 3 fully saturated rings. The second-order valence-electron chi connectivity index (χ2n) is 29.5. The summed E-state index contributed by atoms with van der Waals surface area (Å²) in [6.07, 6.45) is 67.6. The molecule has 616 valence electrons. The lowest BCUT2D eigenvalue weighted by molar-refractivity contribution is -0.379. The zero-order valence-electron chi connectivity index (χ0n) is 66.1. The maximum Gasteiger partial charge on any atom is 0.220 e. The standard InChI is InChI=1S/C88H151NO18/c1-3-5-7-9-11-13-15-17-19-21-23-25-27-28-29-30-31-32-33-34-35-36-37-38-39-40-41-42-44-46-48-50-52-54-56-58-60-62-64-66-76(94)89-71(72(93)65-63-61-59-57-55-53-51-49-47-45-43-26-24-22-20-18-16-14-12-10-8-6-4-2)70-102-86-82(100)79(97)84(74(68-91)104-86)107-88-83(101)80(98)85(75(69-92)105-88)106-87-81(99)78(96)77(95)73(67-90)103-87/h5,7,11,13,17,19,23,25,28-29,31-32,34-35,47,49,55,57,63,65,71-75,77-88,90-93,95-101H,3-4,6,8-10,12,14-16,18,20-22,24,26-27,30,33,36-46,48,50-54,56,58-62,64,66-70H2,1-2H3,(H,89,94)/b7-5-,13-11-,19-17-,25-23-,29-28-,32-31-,35-34-,49-47+,57-55+,65-63+. The molecule has 0 saturated carbocycles. The molecule has 3 rings (SSSR count). The van der Waals surface area contributed by atoms with Gasteiger partial charge in [0.15, 0.2) is 18.9 Å². The Morgan fingerprint density at radius 1 is 0.346 bits per heavy atom. The molecule has 107 heavy (non-hydrogen) atoms. The van der Waals surface area contributed by atoms with Gasteiger partial charge < -0.3 is 89.9 Å². The first kappa shape index (κ1) is 97.4. The highest BCUT2D eigenvalue weighted by atomic mass is 16.8. The first-order valence-electron chi connectivity index (χ1n) is 42.3. The average Bonchev–Trinajstić information content (AvgIpc) is 0.781. The Bertz CT molecular complexity index is 2410. The maximum atomic E-state index is 13.5. The number of aliphatic hydroxyl groups excluding tert-OH is 11. The SMILES string of the molecule is CC/C=C\C/C=C\C/C=C\C/C=C\C/C=C\C/C=C\C/C=C\CCCCCCCCCCCCCCCCCCCC(=O)NC(COC1OC(CO)C(OC2OC(CO)C(OC3OC(CO)C(O)C(O)C3O)C(O)C2O)C(O)C1O)C(O)/C=C/CC/C=C/CC/C=C/CCCCCCCCCCCCCCC. The van der Waals surface area contributed by atoms with E-state index >= 15 is 0 Å². The van der Waals surface area contributed by atoms with Crippen molar-refractivity contribution >= 4 is 5.91 Å². The number of aliphatic hydroxyl groups is 11. The Morgan fingerprint density at radius 3 is 1.05 bits per heavy atom. The van der Waals surface area contributed by atoms with Crippen LogP contribution >= 0.6 is 0 Å². The number of nitrogens with one attached hydrogen (secondary N) is 1. The van der Waals surface area contributed by atoms with Gasteiger partial charge in [0.2, 0.25) is 5.91 Å². The quantitative estimate of drug-likeness (QED) is 0.0199. The number of allylic oxidation sites excluding steroid dienone is 19. The predicted molar refractivity (Wildman–Crippen MR) is 429 cm³/mol. The first-order valence-corrected chi connectivity index (χ1v) is 42.3. The van der Waals surface area contributed by atoms with E-state index in [2.05, 4.69) is 129 Å². The first-order chi connectivity index (χ1) is 52.3. The molecule has 0 aromatic rings. The fourth-order valence-electron chi connectivity index (χ4n) is 13.5. The van der Waals surface area contributed by atoms with Gasteiger partial charge in [-0.1, -0.05) is 309 Å². The maximum absolute atomic E-state index is 13.5. The summed E-state index contributed by atoms with van der Waals surface area (Å²) in [6, 6.07) is -1.00. The summed E-state index contributed by atoms with van der Waals surface area (Å²) in [5, 5.41) is 121. The van der Waals surface area contributed by atoms with E-state index in [-0.39, 0.29) is 18.9 Å². The number of hydrogen-bond acceptors (Lipinski definition) is 18. The molecule has 19 nitrogen and oxygen atoms in total. The topological polar surface area (TPSA) is 307 Å². The third kappa shape index (κ3) is 46.1. The zero-order valence-corrected chi connectivity index (χ0v) is 66.1. The van der Waals surface area contributed by atoms with Crippen LogP contribution in [0.15, 0.2) is 122 Å². The van der Waals surface area contributed by atoms with Crippen molar-refractivity contribution < 1.29 is 89.4 Å². The zero-order chi connectivity index (χ0) is 77.4. The number of carbonyl (C=O) groups excluding carboxylic acids is 1. The summed E-state index contributed by atoms with van der Waals surface area (Å²) >= 11 is 0. The molecule has 3 aliphatic rings. The molecular formula is C88H151NO18. The third-order valence-electron chi connectivity index (χ3n) is 20.2. The van der Waals surface area contributed by atoms with Crippen LogP contribution in [0.2, 0.25) is 0 Å². The minimum atomic E-state index is -1.99. The van der Waals surface area contributed by atoms with Gasteiger partial charge in [0.05, 0.1) is 38.6 Å². The lowest BCUT2D eigenvalue weighted by Gasteiger charge is -2.48. The minimum Gasteiger partial charge on any atom is -0.394 e. The number of unbranched alkanes of at least 4 members (excludes halogenated alkanes) is 32. The van der Waals surface area contributed by atoms with Gasteiger partial charge in [-0.3, -0.25) is 4.79 Å². The lowest BCUT2D eigenvalue weighted by atomic mass is 9.96. The molecule has 0 aliphatic carbocycles. The molecule has 1 amide bonds. The highest BCUT2D eigenvalue weighted by molar-refractivity contribution is 5.76. The fraction of sp³-hybridized carbons (Fsp3) is 0.761. The van der Waals surface area contributed by atoms with E-state index in [0.29, 0.717) is 12.8 Å². The van der Waals surface area contributed by atoms with E-state index in [1.165, 1.54) is 173 Å². The van der Waals surface area contributed by atoms with Gasteiger partial charge in [0.1, 0.15) is 73.2 Å². The van der Waals surface area contributed by atoms with E-state index in [4.69, 9.17) is 28.4 Å². The second kappa shape index (κ2) is 66.8. The molecule has 17 atom stereocenters. The van der Waals surface area contributed by atoms with Crippen molar-refractivity contribution in [3.8, 4) is 0 Å². The minimum absolute atomic E-state index is 0.227. The van der Waals surface area contributed by atoms with Crippen molar-refractivity contribution in [3.05, 3.63) is 122 Å². The molecule has 3 aliphatic heterocycles. The highest BCUT2D eigenvalue weighted by Crippen LogP contribution is 2.33. The molecule has 3 saturated heterocycles. The molecule has 0 aromatic carbocycles. The molecule has 17 unspecified atom stereocenters. The van der Waals surface area contributed by atoms with Crippen molar-refractivity contribution in [3.63, 3.8) is 0 Å². The Hall–Kier alpha value is -3.81. The van der Waals surface area contributed by atoms with Gasteiger partial charge in [-0.15, -0.1) is 0 Å². The molecule has 0 spiro atoms. The van der Waals surface area contributed by atoms with Crippen LogP contribution in [0.1, 0.15) is 296 Å². The van der Waals surface area contributed by atoms with E-state index < -0.39 is 124 Å². The van der Waals surface area contributed by atoms with Crippen molar-refractivity contribution in [1.29, 1.82) is 0 Å². The smallest absolute Gasteiger partial charge is 0.220 e. The van der Waals surface area contributed by atoms with Crippen molar-refractivity contribution in [2.75, 3.05) is 26.4 Å². The van der Waals surface area contributed by atoms with Crippen LogP contribution in [-0.2, 0) is 33.2 Å². The van der Waals surface area contributed by atoms with E-state index in [1.807, 2.05) is 6.08 Å². The summed E-state index contributed by atoms with van der Waals surface area (Å²) in [5.41, 5.74) is 0. The number of hydrogen-bond donors (Lipinski definition) is 12. The Labute approximate surface area is 646 Å². The number of amides is 1. The Morgan fingerprint density at radius 2 is 0.654 bits per heavy atom. The third-order valence-corrected chi connectivity index (χ3v) is 20.2. The monoisotopic (exact) mass is 1510 g/mol. The van der Waals surface area contributed by atoms with E-state index in [9.17, 15) is 61.0 Å². The van der Waals surface area contributed by atoms with Crippen LogP contribution < -0.4 is 5.32 Å². The van der Waals surface area contributed by atoms with Crippen LogP contribution in [0.3, 0.4) is 0 Å². The molecule has 0 bridgehead atoms. The second-order valence-corrected chi connectivity index (χ2v) is 29.5. The molecule has 3 heterocycles. The van der Waals surface area contributed by atoms with Crippen LogP contribution in [0.25, 0.3) is 0 Å². The number of rotatable bonds is 66. The molecular weight excluding hydrogens is 1360 g/mol. The highest BCUT2D eigenvalue weighted by Gasteiger charge is 2.54. The molecule has 12 N–H and O–H groups in total. The predicted octanol–water partition coefficient (Wildman–Crippen LogP) is 15.1. The van der Waals surface area contributed by atoms with Crippen molar-refractivity contribution in [1.82, 2.24) is 5.32 Å². The number of carbonyl (C=O) groups is 1. The summed E-state index contributed by atoms with van der Waals surface area (Å²) in [5.74, 6) is -0.290. The van der Waals surface area contributed by atoms with Crippen molar-refractivity contribution in [2.24, 2.45) is 0 Å². The summed E-state index contributed by atoms with van der Waals surface area (Å²) in [4.78, 5) is 13.5. The van der Waals surface area contributed by atoms with Gasteiger partial charge >= 0.3 is 0 Å². The molecule has 19 heteroatoms. The van der Waals surface area contributed by atoms with Crippen LogP contribution in [-0.4, -0.2) is 193 Å². The average molecular weight is 1510 g/mol. The van der Waals surface area contributed by atoms with Crippen LogP contribution in [0.4, 0.5) is 0 Å². The normalized spacial score (nSPS) is 26.2. The largest absolute Gasteiger partial charge is 0.394 e. The van der Waals surface area contributed by atoms with Crippen LogP contribution in [0, 0.1) is 0 Å². The van der Waals surface area contributed by atoms with Gasteiger partial charge in [0, 0.05) is 6.42 Å². The van der Waals surface area contributed by atoms with Gasteiger partial charge in [-0.2, -0.15) is 0 Å². The Balaban J connectivity index is 1.34. The van der Waals surface area contributed by atoms with E-state index in [1.54, 1.807) is 6.08 Å². The number of ether oxygens (including phenoxy) is 6. The Kier molecular flexibility index (Phi) is 60.8.